The number of unbranched alkanes of at least 4 members (excludes halogenated alkanes) is 6. The van der Waals surface area contributed by atoms with Crippen LogP contribution in [0.15, 0.2) is 243 Å². The van der Waals surface area contributed by atoms with Gasteiger partial charge < -0.3 is 10.3 Å². The van der Waals surface area contributed by atoms with Crippen LogP contribution in [0.25, 0.3) is 65.4 Å². The molecule has 0 amide bonds. The molecule has 0 atom stereocenters. The summed E-state index contributed by atoms with van der Waals surface area (Å²) in [5.74, 6) is 2.24. The number of aromatic nitrogens is 3. The second kappa shape index (κ2) is 31.2. The van der Waals surface area contributed by atoms with E-state index in [9.17, 15) is 0 Å². The number of nitrogens with zero attached hydrogens (tertiary/aromatic N) is 7. The molecule has 10 aromatic carbocycles. The van der Waals surface area contributed by atoms with Crippen molar-refractivity contribution in [2.45, 2.75) is 120 Å². The first-order valence-corrected chi connectivity index (χ1v) is 33.2. The van der Waals surface area contributed by atoms with Crippen molar-refractivity contribution < 1.29 is 0 Å². The summed E-state index contributed by atoms with van der Waals surface area (Å²) in [6.07, 6.45) is 12.5. The molecule has 3 heterocycles. The Labute approximate surface area is 549 Å². The quantitative estimate of drug-likeness (QED) is 0.0470. The van der Waals surface area contributed by atoms with Crippen molar-refractivity contribution in [1.29, 1.82) is 0 Å². The van der Waals surface area contributed by atoms with E-state index in [1.165, 1.54) is 105 Å². The molecule has 0 saturated heterocycles. The number of hydrogen-bond donors (Lipinski definition) is 2. The summed E-state index contributed by atoms with van der Waals surface area (Å²) in [4.78, 5) is 27.4. The third-order valence-corrected chi connectivity index (χ3v) is 17.8. The van der Waals surface area contributed by atoms with Gasteiger partial charge in [-0.3, -0.25) is 14.1 Å². The first kappa shape index (κ1) is 64.3. The van der Waals surface area contributed by atoms with Crippen LogP contribution < -0.4 is 5.32 Å². The zero-order valence-electron chi connectivity index (χ0n) is 55.5. The highest BCUT2D eigenvalue weighted by atomic mass is 15.1. The number of H-pyrrole nitrogens is 1. The summed E-state index contributed by atoms with van der Waals surface area (Å²) in [5.41, 5.74) is 21.3. The van der Waals surface area contributed by atoms with E-state index in [4.69, 9.17) is 9.98 Å². The van der Waals surface area contributed by atoms with Gasteiger partial charge in [-0.25, -0.2) is 15.0 Å². The molecule has 9 heteroatoms. The molecule has 0 radical (unpaired) electrons. The maximum Gasteiger partial charge on any atom is 0.114 e. The van der Waals surface area contributed by atoms with Crippen molar-refractivity contribution in [3.8, 4) is 0 Å². The molecule has 0 fully saturated rings. The minimum Gasteiger partial charge on any atom is -0.355 e. The maximum atomic E-state index is 5.45. The smallest absolute Gasteiger partial charge is 0.114 e. The van der Waals surface area contributed by atoms with Gasteiger partial charge in [-0.05, 0) is 168 Å². The van der Waals surface area contributed by atoms with E-state index in [-0.39, 0.29) is 0 Å². The van der Waals surface area contributed by atoms with Crippen molar-refractivity contribution in [3.05, 3.63) is 263 Å². The van der Waals surface area contributed by atoms with Crippen LogP contribution in [-0.2, 0) is 0 Å². The summed E-state index contributed by atoms with van der Waals surface area (Å²) in [6, 6.07) is 80.0. The summed E-state index contributed by atoms with van der Waals surface area (Å²) < 4.78 is 4.83. The van der Waals surface area contributed by atoms with Crippen molar-refractivity contribution in [2.24, 2.45) is 25.0 Å². The number of fused-ring (bicyclic) bond motifs is 9. The molecule has 468 valence electrons. The van der Waals surface area contributed by atoms with Crippen molar-refractivity contribution in [1.82, 2.24) is 14.1 Å². The summed E-state index contributed by atoms with van der Waals surface area (Å²) in [6.45, 7) is 18.6. The molecule has 3 aromatic heterocycles. The van der Waals surface area contributed by atoms with Crippen LogP contribution in [-0.4, -0.2) is 51.2 Å². The number of anilines is 1. The number of nitrogens with one attached hydrogen (secondary N) is 2. The zero-order valence-corrected chi connectivity index (χ0v) is 55.5. The third kappa shape index (κ3) is 15.4. The third-order valence-electron chi connectivity index (χ3n) is 17.8. The summed E-state index contributed by atoms with van der Waals surface area (Å²) >= 11 is 0. The fraction of sp³-hybridized carbons (Fsp3) is 0.238. The van der Waals surface area contributed by atoms with E-state index in [1.54, 1.807) is 0 Å². The lowest BCUT2D eigenvalue weighted by Crippen LogP contribution is -2.12. The Morgan fingerprint density at radius 2 is 0.688 bits per heavy atom. The molecule has 0 aliphatic heterocycles. The topological polar surface area (TPSA) is 99.5 Å². The minimum atomic E-state index is 0.763. The Bertz CT molecular complexity index is 4460. The molecule has 0 spiro atoms. The van der Waals surface area contributed by atoms with Gasteiger partial charge in [-0.1, -0.05) is 201 Å². The van der Waals surface area contributed by atoms with Gasteiger partial charge in [0.05, 0.1) is 51.5 Å². The predicted molar refractivity (Wildman–Crippen MR) is 401 cm³/mol. The summed E-state index contributed by atoms with van der Waals surface area (Å²) in [5, 5.41) is 11.0. The van der Waals surface area contributed by atoms with E-state index in [0.29, 0.717) is 0 Å². The molecule has 0 aliphatic rings. The second-order valence-electron chi connectivity index (χ2n) is 24.6. The fourth-order valence-corrected chi connectivity index (χ4v) is 12.9. The maximum absolute atomic E-state index is 5.45. The molecule has 13 aromatic rings. The normalized spacial score (nSPS) is 11.8. The van der Waals surface area contributed by atoms with Gasteiger partial charge in [-0.2, -0.15) is 4.99 Å². The minimum absolute atomic E-state index is 0.763. The largest absolute Gasteiger partial charge is 0.355 e. The Balaban J connectivity index is 0.000000181. The molecule has 13 rings (SSSR count). The SMILES string of the molecule is Cc1cccc(C)c1N=C(CCCCCCCC(=Nc1c(C)cccc1C)n1c2ccccc2c2ccccc21)n1c2ccccc2c2ccccc21.Cc1cccc(C)c1N=C=NCCCCCN=CNc1c(C)cccc1C.c1ccc2c(c1)[nH]c1ccccc12. The number of aromatic amines is 1. The lowest BCUT2D eigenvalue weighted by atomic mass is 10.1. The Morgan fingerprint density at radius 3 is 1.11 bits per heavy atom. The average Bonchev–Trinajstić information content (AvgIpc) is 1.62. The summed E-state index contributed by atoms with van der Waals surface area (Å²) in [7, 11) is 0. The van der Waals surface area contributed by atoms with Crippen LogP contribution in [0, 0.1) is 55.4 Å². The number of hydrogen-bond acceptors (Lipinski definition) is 5. The highest BCUT2D eigenvalue weighted by Crippen LogP contribution is 2.35. The standard InChI is InChI=1S/C49H48N4.C23H30N4.C12H9N/c1-34-20-18-21-35(2)48(34)50-46(52-42-28-14-10-24-38(42)39-25-11-15-29-43(39)52)32-8-6-5-7-9-33-47(51-49-36(3)22-19-23-37(49)4)53-44-30-16-12-26-40(44)41-27-13-17-31-45(41)53;1-18-10-8-11-19(2)22(18)26-16-24-14-6-5-7-15-25-17-27-23-20(3)12-9-13-21(23)4;1-3-7-11-9(5-1)10-6-2-4-8-12(10)13-11/h10-31H,5-9,32-33H2,1-4H3;8-13,16H,5-7,14-15H2,1-4H3,(H,24,26);1-8,13H. The first-order chi connectivity index (χ1) is 45.5. The molecular formula is C84H87N9. The zero-order chi connectivity index (χ0) is 64.5. The van der Waals surface area contributed by atoms with Crippen LogP contribution in [0.5, 0.6) is 0 Å². The predicted octanol–water partition coefficient (Wildman–Crippen LogP) is 23.1. The molecule has 0 aliphatic carbocycles. The van der Waals surface area contributed by atoms with Crippen LogP contribution in [0.3, 0.4) is 0 Å². The highest BCUT2D eigenvalue weighted by Gasteiger charge is 2.18. The van der Waals surface area contributed by atoms with E-state index in [0.717, 1.165) is 116 Å². The molecule has 0 unspecified atom stereocenters. The van der Waals surface area contributed by atoms with Gasteiger partial charge >= 0.3 is 0 Å². The van der Waals surface area contributed by atoms with Crippen molar-refractivity contribution in [3.63, 3.8) is 0 Å². The van der Waals surface area contributed by atoms with Crippen LogP contribution >= 0.6 is 0 Å². The fourth-order valence-electron chi connectivity index (χ4n) is 12.9. The van der Waals surface area contributed by atoms with E-state index < -0.39 is 0 Å². The van der Waals surface area contributed by atoms with Gasteiger partial charge in [0.25, 0.3) is 0 Å². The monoisotopic (exact) mass is 1220 g/mol. The Morgan fingerprint density at radius 1 is 0.355 bits per heavy atom. The lowest BCUT2D eigenvalue weighted by molar-refractivity contribution is 0.628. The molecule has 9 nitrogen and oxygen atoms in total. The van der Waals surface area contributed by atoms with Crippen LogP contribution in [0.4, 0.5) is 22.7 Å². The van der Waals surface area contributed by atoms with E-state index in [1.807, 2.05) is 12.4 Å². The molecule has 0 saturated carbocycles. The highest BCUT2D eigenvalue weighted by molar-refractivity contribution is 6.16. The van der Waals surface area contributed by atoms with Crippen molar-refractivity contribution >= 4 is 112 Å². The van der Waals surface area contributed by atoms with E-state index >= 15 is 0 Å². The van der Waals surface area contributed by atoms with Crippen LogP contribution in [0.1, 0.15) is 109 Å². The number of aliphatic imine (C=N–C) groups is 5. The van der Waals surface area contributed by atoms with Gasteiger partial charge in [0, 0.05) is 75.0 Å². The molecular weight excluding hydrogens is 1130 g/mol. The van der Waals surface area contributed by atoms with Crippen molar-refractivity contribution in [2.75, 3.05) is 18.4 Å². The lowest BCUT2D eigenvalue weighted by Gasteiger charge is -2.15. The molecule has 93 heavy (non-hydrogen) atoms. The number of benzene rings is 10. The first-order valence-electron chi connectivity index (χ1n) is 33.2. The van der Waals surface area contributed by atoms with Gasteiger partial charge in [0.2, 0.25) is 0 Å². The molecule has 0 bridgehead atoms. The average molecular weight is 1220 g/mol. The van der Waals surface area contributed by atoms with Gasteiger partial charge in [0.15, 0.2) is 0 Å². The number of para-hydroxylation sites is 10. The second-order valence-corrected chi connectivity index (χ2v) is 24.6. The Hall–Kier alpha value is -10.2. The van der Waals surface area contributed by atoms with Crippen LogP contribution in [0.2, 0.25) is 0 Å². The van der Waals surface area contributed by atoms with E-state index in [2.05, 4.69) is 308 Å². The molecule has 2 N–H and O–H groups in total. The number of rotatable bonds is 19. The number of aryl methyl sites for hydroxylation is 8. The van der Waals surface area contributed by atoms with Gasteiger partial charge in [0.1, 0.15) is 11.7 Å². The van der Waals surface area contributed by atoms with Gasteiger partial charge in [-0.15, -0.1) is 0 Å². The Kier molecular flexibility index (Phi) is 21.6.